The zero-order valence-electron chi connectivity index (χ0n) is 10.8. The molecule has 0 aliphatic heterocycles. The van der Waals surface area contributed by atoms with E-state index in [1.165, 1.54) is 11.3 Å². The Morgan fingerprint density at radius 3 is 3.10 bits per heavy atom. The Bertz CT molecular complexity index is 735. The van der Waals surface area contributed by atoms with E-state index < -0.39 is 0 Å². The second-order valence-electron chi connectivity index (χ2n) is 4.23. The number of thiophene rings is 1. The summed E-state index contributed by atoms with van der Waals surface area (Å²) in [5.41, 5.74) is 0.245. The summed E-state index contributed by atoms with van der Waals surface area (Å²) in [6.07, 6.45) is 3.53. The fourth-order valence-corrected chi connectivity index (χ4v) is 2.77. The van der Waals surface area contributed by atoms with Crippen molar-refractivity contribution in [2.75, 3.05) is 6.54 Å². The third kappa shape index (κ3) is 3.32. The highest BCUT2D eigenvalue weighted by molar-refractivity contribution is 7.14. The van der Waals surface area contributed by atoms with E-state index in [1.54, 1.807) is 28.4 Å². The van der Waals surface area contributed by atoms with Crippen LogP contribution in [-0.2, 0) is 6.54 Å². The van der Waals surface area contributed by atoms with Crippen LogP contribution in [0.5, 0.6) is 0 Å². The van der Waals surface area contributed by atoms with Gasteiger partial charge in [-0.05, 0) is 12.1 Å². The highest BCUT2D eigenvalue weighted by Crippen LogP contribution is 2.29. The fourth-order valence-electron chi connectivity index (χ4n) is 1.75. The largest absolute Gasteiger partial charge is 0.355 e. The number of hydrogen-bond donors (Lipinski definition) is 1. The van der Waals surface area contributed by atoms with Crippen LogP contribution in [0.1, 0.15) is 10.5 Å². The molecule has 0 aromatic carbocycles. The summed E-state index contributed by atoms with van der Waals surface area (Å²) in [6, 6.07) is 5.20. The van der Waals surface area contributed by atoms with Crippen LogP contribution in [-0.4, -0.2) is 27.4 Å². The SMILES string of the molecule is O=C(NCCn1cccn1)c1cc(-c2cc(Cl)cs2)on1. The molecule has 0 fully saturated rings. The van der Waals surface area contributed by atoms with Crippen LogP contribution < -0.4 is 5.32 Å². The number of nitrogens with zero attached hydrogens (tertiary/aromatic N) is 3. The molecule has 1 amide bonds. The average molecular weight is 323 g/mol. The van der Waals surface area contributed by atoms with E-state index in [-0.39, 0.29) is 11.6 Å². The van der Waals surface area contributed by atoms with E-state index in [1.807, 2.05) is 12.3 Å². The predicted molar refractivity (Wildman–Crippen MR) is 79.4 cm³/mol. The van der Waals surface area contributed by atoms with Gasteiger partial charge in [0.25, 0.3) is 5.91 Å². The van der Waals surface area contributed by atoms with Gasteiger partial charge in [0.15, 0.2) is 11.5 Å². The maximum Gasteiger partial charge on any atom is 0.273 e. The van der Waals surface area contributed by atoms with Gasteiger partial charge in [-0.15, -0.1) is 11.3 Å². The molecule has 0 spiro atoms. The molecular weight excluding hydrogens is 312 g/mol. The molecule has 0 aliphatic rings. The monoisotopic (exact) mass is 322 g/mol. The molecule has 8 heteroatoms. The maximum absolute atomic E-state index is 11.9. The minimum absolute atomic E-state index is 0.245. The van der Waals surface area contributed by atoms with Crippen LogP contribution in [0.25, 0.3) is 10.6 Å². The van der Waals surface area contributed by atoms with Crippen LogP contribution in [0.3, 0.4) is 0 Å². The van der Waals surface area contributed by atoms with Gasteiger partial charge in [-0.1, -0.05) is 16.8 Å². The minimum atomic E-state index is -0.278. The number of carbonyl (C=O) groups excluding carboxylic acids is 1. The van der Waals surface area contributed by atoms with Crippen LogP contribution >= 0.6 is 22.9 Å². The number of hydrogen-bond acceptors (Lipinski definition) is 5. The average Bonchev–Trinajstić information content (AvgIpc) is 3.19. The van der Waals surface area contributed by atoms with Crippen molar-refractivity contribution in [3.63, 3.8) is 0 Å². The van der Waals surface area contributed by atoms with Gasteiger partial charge in [0.1, 0.15) is 0 Å². The highest BCUT2D eigenvalue weighted by atomic mass is 35.5. The molecule has 0 radical (unpaired) electrons. The Morgan fingerprint density at radius 1 is 1.48 bits per heavy atom. The molecule has 0 unspecified atom stereocenters. The van der Waals surface area contributed by atoms with E-state index >= 15 is 0 Å². The zero-order chi connectivity index (χ0) is 14.7. The Morgan fingerprint density at radius 2 is 2.38 bits per heavy atom. The van der Waals surface area contributed by atoms with Crippen LogP contribution in [0.15, 0.2) is 40.5 Å². The van der Waals surface area contributed by atoms with E-state index in [2.05, 4.69) is 15.6 Å². The Labute approximate surface area is 129 Å². The molecule has 3 heterocycles. The van der Waals surface area contributed by atoms with Gasteiger partial charge in [0.05, 0.1) is 16.4 Å². The second kappa shape index (κ2) is 6.11. The summed E-state index contributed by atoms with van der Waals surface area (Å²) in [6.45, 7) is 1.07. The molecule has 0 aliphatic carbocycles. The lowest BCUT2D eigenvalue weighted by molar-refractivity contribution is 0.0943. The summed E-state index contributed by atoms with van der Waals surface area (Å²) in [7, 11) is 0. The highest BCUT2D eigenvalue weighted by Gasteiger charge is 2.14. The summed E-state index contributed by atoms with van der Waals surface area (Å²) in [4.78, 5) is 12.8. The molecule has 108 valence electrons. The van der Waals surface area contributed by atoms with Crippen LogP contribution in [0.2, 0.25) is 5.02 Å². The van der Waals surface area contributed by atoms with Crippen molar-refractivity contribution in [1.29, 1.82) is 0 Å². The number of rotatable bonds is 5. The fraction of sp³-hybridized carbons (Fsp3) is 0.154. The van der Waals surface area contributed by atoms with Crippen molar-refractivity contribution in [3.05, 3.63) is 46.7 Å². The zero-order valence-corrected chi connectivity index (χ0v) is 12.4. The smallest absolute Gasteiger partial charge is 0.273 e. The molecule has 0 bridgehead atoms. The van der Waals surface area contributed by atoms with Gasteiger partial charge in [-0.2, -0.15) is 5.10 Å². The number of nitrogens with one attached hydrogen (secondary N) is 1. The molecule has 21 heavy (non-hydrogen) atoms. The van der Waals surface area contributed by atoms with E-state index in [0.717, 1.165) is 4.88 Å². The van der Waals surface area contributed by atoms with Gasteiger partial charge < -0.3 is 9.84 Å². The number of carbonyl (C=O) groups is 1. The molecule has 0 saturated heterocycles. The Kier molecular flexibility index (Phi) is 4.03. The van der Waals surface area contributed by atoms with Crippen molar-refractivity contribution in [2.24, 2.45) is 0 Å². The lowest BCUT2D eigenvalue weighted by atomic mass is 10.3. The van der Waals surface area contributed by atoms with Crippen molar-refractivity contribution in [3.8, 4) is 10.6 Å². The lowest BCUT2D eigenvalue weighted by Gasteiger charge is -2.02. The predicted octanol–water partition coefficient (Wildman–Crippen LogP) is 2.68. The second-order valence-corrected chi connectivity index (χ2v) is 5.58. The van der Waals surface area contributed by atoms with Crippen molar-refractivity contribution in [1.82, 2.24) is 20.3 Å². The number of amides is 1. The number of aromatic nitrogens is 3. The standard InChI is InChI=1S/C13H11ClN4O2S/c14-9-6-12(21-8-9)11-7-10(17-20-11)13(19)15-3-5-18-4-1-2-16-18/h1-2,4,6-8H,3,5H2,(H,15,19). The van der Waals surface area contributed by atoms with E-state index in [0.29, 0.717) is 23.9 Å². The normalized spacial score (nSPS) is 10.7. The van der Waals surface area contributed by atoms with Crippen molar-refractivity contribution < 1.29 is 9.32 Å². The first-order valence-corrected chi connectivity index (χ1v) is 7.45. The summed E-state index contributed by atoms with van der Waals surface area (Å²) in [5.74, 6) is 0.254. The third-order valence-electron chi connectivity index (χ3n) is 2.74. The van der Waals surface area contributed by atoms with E-state index in [9.17, 15) is 4.79 Å². The molecule has 0 atom stereocenters. The Hall–Kier alpha value is -2.12. The van der Waals surface area contributed by atoms with Gasteiger partial charge in [0, 0.05) is 30.4 Å². The maximum atomic E-state index is 11.9. The van der Waals surface area contributed by atoms with Gasteiger partial charge in [0.2, 0.25) is 0 Å². The minimum Gasteiger partial charge on any atom is -0.355 e. The summed E-state index contributed by atoms with van der Waals surface area (Å²) in [5, 5.41) is 13.0. The topological polar surface area (TPSA) is 73.0 Å². The molecule has 3 aromatic rings. The molecule has 0 saturated carbocycles. The van der Waals surface area contributed by atoms with Crippen LogP contribution in [0, 0.1) is 0 Å². The molecule has 3 rings (SSSR count). The number of halogens is 1. The van der Waals surface area contributed by atoms with Gasteiger partial charge in [-0.25, -0.2) is 0 Å². The summed E-state index contributed by atoms with van der Waals surface area (Å²) < 4.78 is 6.90. The first-order valence-electron chi connectivity index (χ1n) is 6.19. The lowest BCUT2D eigenvalue weighted by Crippen LogP contribution is -2.27. The van der Waals surface area contributed by atoms with Crippen molar-refractivity contribution in [2.45, 2.75) is 6.54 Å². The third-order valence-corrected chi connectivity index (χ3v) is 4.03. The first kappa shape index (κ1) is 13.8. The van der Waals surface area contributed by atoms with Crippen molar-refractivity contribution >= 4 is 28.8 Å². The van der Waals surface area contributed by atoms with E-state index in [4.69, 9.17) is 16.1 Å². The molecule has 3 aromatic heterocycles. The Balaban J connectivity index is 1.59. The first-order chi connectivity index (χ1) is 10.2. The van der Waals surface area contributed by atoms with Gasteiger partial charge in [-0.3, -0.25) is 9.48 Å². The van der Waals surface area contributed by atoms with Gasteiger partial charge >= 0.3 is 0 Å². The molecule has 1 N–H and O–H groups in total. The van der Waals surface area contributed by atoms with Crippen LogP contribution in [0.4, 0.5) is 0 Å². The quantitative estimate of drug-likeness (QED) is 0.784. The summed E-state index contributed by atoms with van der Waals surface area (Å²) >= 11 is 7.29. The molecule has 6 nitrogen and oxygen atoms in total. The molecular formula is C13H11ClN4O2S.